The number of ether oxygens (including phenoxy) is 2. The molecule has 138 valence electrons. The Morgan fingerprint density at radius 1 is 1.32 bits per heavy atom. The number of nitrogens with one attached hydrogen (secondary N) is 2. The molecule has 1 amide bonds. The second kappa shape index (κ2) is 9.20. The van der Waals surface area contributed by atoms with Crippen molar-refractivity contribution in [3.05, 3.63) is 29.3 Å². The summed E-state index contributed by atoms with van der Waals surface area (Å²) in [4.78, 5) is 12.2. The van der Waals surface area contributed by atoms with Crippen molar-refractivity contribution in [3.8, 4) is 5.75 Å². The second-order valence-corrected chi connectivity index (χ2v) is 7.22. The molecule has 1 aromatic carbocycles. The summed E-state index contributed by atoms with van der Waals surface area (Å²) in [7, 11) is 0. The van der Waals surface area contributed by atoms with Crippen molar-refractivity contribution >= 4 is 5.91 Å². The number of piperidine rings is 1. The Kier molecular flexibility index (Phi) is 6.70. The van der Waals surface area contributed by atoms with Crippen molar-refractivity contribution in [2.45, 2.75) is 51.7 Å². The van der Waals surface area contributed by atoms with E-state index < -0.39 is 0 Å². The number of aryl methyl sites for hydroxylation is 1. The van der Waals surface area contributed by atoms with Gasteiger partial charge in [0, 0.05) is 24.9 Å². The SMILES string of the molecule is Cc1ccc(CNC(=O)CCC2CCNCC2)c(OC2CCOC2)c1. The lowest BCUT2D eigenvalue weighted by atomic mass is 9.93. The van der Waals surface area contributed by atoms with E-state index in [1.165, 1.54) is 12.8 Å². The van der Waals surface area contributed by atoms with Crippen molar-refractivity contribution in [1.82, 2.24) is 10.6 Å². The quantitative estimate of drug-likeness (QED) is 0.797. The van der Waals surface area contributed by atoms with Gasteiger partial charge in [0.15, 0.2) is 0 Å². The molecule has 5 heteroatoms. The predicted octanol–water partition coefficient (Wildman–Crippen LogP) is 2.56. The molecule has 1 unspecified atom stereocenters. The third kappa shape index (κ3) is 5.72. The van der Waals surface area contributed by atoms with Crippen LogP contribution in [0.15, 0.2) is 18.2 Å². The first-order valence-corrected chi connectivity index (χ1v) is 9.52. The lowest BCUT2D eigenvalue weighted by Crippen LogP contribution is -2.29. The Morgan fingerprint density at radius 3 is 2.92 bits per heavy atom. The van der Waals surface area contributed by atoms with Crippen molar-refractivity contribution in [2.75, 3.05) is 26.3 Å². The molecule has 2 aliphatic rings. The van der Waals surface area contributed by atoms with Crippen LogP contribution >= 0.6 is 0 Å². The van der Waals surface area contributed by atoms with Gasteiger partial charge in [0.05, 0.1) is 13.2 Å². The number of carbonyl (C=O) groups excluding carboxylic acids is 1. The van der Waals surface area contributed by atoms with Gasteiger partial charge in [-0.25, -0.2) is 0 Å². The summed E-state index contributed by atoms with van der Waals surface area (Å²) < 4.78 is 11.5. The molecule has 0 aromatic heterocycles. The number of carbonyl (C=O) groups is 1. The van der Waals surface area contributed by atoms with Crippen LogP contribution in [0.4, 0.5) is 0 Å². The lowest BCUT2D eigenvalue weighted by Gasteiger charge is -2.22. The van der Waals surface area contributed by atoms with E-state index in [1.807, 2.05) is 6.07 Å². The van der Waals surface area contributed by atoms with Gasteiger partial charge in [0.1, 0.15) is 11.9 Å². The van der Waals surface area contributed by atoms with E-state index >= 15 is 0 Å². The van der Waals surface area contributed by atoms with Crippen LogP contribution in [0.1, 0.15) is 43.2 Å². The number of hydrogen-bond acceptors (Lipinski definition) is 4. The van der Waals surface area contributed by atoms with E-state index in [0.29, 0.717) is 25.5 Å². The van der Waals surface area contributed by atoms with Gasteiger partial charge in [0.2, 0.25) is 5.91 Å². The lowest BCUT2D eigenvalue weighted by molar-refractivity contribution is -0.121. The molecule has 1 aromatic rings. The minimum absolute atomic E-state index is 0.121. The Bertz CT molecular complexity index is 564. The van der Waals surface area contributed by atoms with Gasteiger partial charge in [-0.2, -0.15) is 0 Å². The van der Waals surface area contributed by atoms with Crippen LogP contribution < -0.4 is 15.4 Å². The Balaban J connectivity index is 1.48. The van der Waals surface area contributed by atoms with Crippen molar-refractivity contribution in [3.63, 3.8) is 0 Å². The minimum atomic E-state index is 0.121. The zero-order valence-corrected chi connectivity index (χ0v) is 15.2. The molecule has 3 rings (SSSR count). The van der Waals surface area contributed by atoms with Crippen LogP contribution in [-0.2, 0) is 16.1 Å². The maximum Gasteiger partial charge on any atom is 0.220 e. The average molecular weight is 346 g/mol. The zero-order valence-electron chi connectivity index (χ0n) is 15.2. The molecule has 2 aliphatic heterocycles. The van der Waals surface area contributed by atoms with Gasteiger partial charge >= 0.3 is 0 Å². The molecule has 2 N–H and O–H groups in total. The van der Waals surface area contributed by atoms with Gasteiger partial charge in [-0.15, -0.1) is 0 Å². The molecule has 0 saturated carbocycles. The highest BCUT2D eigenvalue weighted by Crippen LogP contribution is 2.24. The van der Waals surface area contributed by atoms with Gasteiger partial charge in [-0.05, 0) is 56.8 Å². The van der Waals surface area contributed by atoms with Gasteiger partial charge in [-0.3, -0.25) is 4.79 Å². The molecule has 0 aliphatic carbocycles. The monoisotopic (exact) mass is 346 g/mol. The molecular formula is C20H30N2O3. The minimum Gasteiger partial charge on any atom is -0.488 e. The summed E-state index contributed by atoms with van der Waals surface area (Å²) in [5.74, 6) is 1.69. The molecule has 5 nitrogen and oxygen atoms in total. The van der Waals surface area contributed by atoms with Crippen LogP contribution in [0.5, 0.6) is 5.75 Å². The van der Waals surface area contributed by atoms with Crippen LogP contribution in [0.3, 0.4) is 0 Å². The first-order valence-electron chi connectivity index (χ1n) is 9.52. The van der Waals surface area contributed by atoms with E-state index in [9.17, 15) is 4.79 Å². The Morgan fingerprint density at radius 2 is 2.16 bits per heavy atom. The summed E-state index contributed by atoms with van der Waals surface area (Å²) >= 11 is 0. The standard InChI is InChI=1S/C20H30N2O3/c1-15-2-4-17(19(12-15)25-18-8-11-24-14-18)13-22-20(23)5-3-16-6-9-21-10-7-16/h2,4,12,16,18,21H,3,5-11,13-14H2,1H3,(H,22,23). The molecule has 2 fully saturated rings. The smallest absolute Gasteiger partial charge is 0.220 e. The molecule has 2 saturated heterocycles. The molecule has 0 radical (unpaired) electrons. The number of rotatable bonds is 7. The summed E-state index contributed by atoms with van der Waals surface area (Å²) in [5, 5.41) is 6.42. The molecule has 25 heavy (non-hydrogen) atoms. The van der Waals surface area contributed by atoms with E-state index in [-0.39, 0.29) is 12.0 Å². The van der Waals surface area contributed by atoms with Crippen molar-refractivity contribution in [1.29, 1.82) is 0 Å². The Hall–Kier alpha value is -1.59. The van der Waals surface area contributed by atoms with Crippen LogP contribution in [-0.4, -0.2) is 38.3 Å². The third-order valence-electron chi connectivity index (χ3n) is 5.12. The van der Waals surface area contributed by atoms with E-state index in [4.69, 9.17) is 9.47 Å². The van der Waals surface area contributed by atoms with Crippen LogP contribution in [0.2, 0.25) is 0 Å². The highest BCUT2D eigenvalue weighted by molar-refractivity contribution is 5.75. The summed E-state index contributed by atoms with van der Waals surface area (Å²) in [5.41, 5.74) is 2.20. The fourth-order valence-electron chi connectivity index (χ4n) is 3.49. The van der Waals surface area contributed by atoms with E-state index in [1.54, 1.807) is 0 Å². The summed E-state index contributed by atoms with van der Waals surface area (Å²) in [6, 6.07) is 6.16. The summed E-state index contributed by atoms with van der Waals surface area (Å²) in [6.45, 7) is 6.16. The first kappa shape index (κ1) is 18.2. The van der Waals surface area contributed by atoms with Crippen molar-refractivity contribution < 1.29 is 14.3 Å². The maximum absolute atomic E-state index is 12.2. The maximum atomic E-state index is 12.2. The van der Waals surface area contributed by atoms with Crippen molar-refractivity contribution in [2.24, 2.45) is 5.92 Å². The van der Waals surface area contributed by atoms with Crippen LogP contribution in [0.25, 0.3) is 0 Å². The molecule has 0 spiro atoms. The number of benzene rings is 1. The van der Waals surface area contributed by atoms with Gasteiger partial charge in [-0.1, -0.05) is 12.1 Å². The zero-order chi connectivity index (χ0) is 17.5. The predicted molar refractivity (Wildman–Crippen MR) is 97.7 cm³/mol. The highest BCUT2D eigenvalue weighted by Gasteiger charge is 2.19. The largest absolute Gasteiger partial charge is 0.488 e. The fraction of sp³-hybridized carbons (Fsp3) is 0.650. The van der Waals surface area contributed by atoms with Gasteiger partial charge < -0.3 is 20.1 Å². The van der Waals surface area contributed by atoms with E-state index in [0.717, 1.165) is 49.4 Å². The van der Waals surface area contributed by atoms with Crippen LogP contribution in [0, 0.1) is 12.8 Å². The topological polar surface area (TPSA) is 59.6 Å². The molecular weight excluding hydrogens is 316 g/mol. The highest BCUT2D eigenvalue weighted by atomic mass is 16.5. The van der Waals surface area contributed by atoms with Gasteiger partial charge in [0.25, 0.3) is 0 Å². The first-order chi connectivity index (χ1) is 12.2. The molecule has 1 atom stereocenters. The average Bonchev–Trinajstić information content (AvgIpc) is 3.13. The fourth-order valence-corrected chi connectivity index (χ4v) is 3.49. The summed E-state index contributed by atoms with van der Waals surface area (Å²) in [6.07, 6.45) is 5.03. The number of hydrogen-bond donors (Lipinski definition) is 2. The van der Waals surface area contributed by atoms with E-state index in [2.05, 4.69) is 29.7 Å². The normalized spacial score (nSPS) is 21.2. The Labute approximate surface area is 150 Å². The second-order valence-electron chi connectivity index (χ2n) is 7.22. The molecule has 2 heterocycles. The number of amides is 1. The third-order valence-corrected chi connectivity index (χ3v) is 5.12. The molecule has 0 bridgehead atoms.